The Morgan fingerprint density at radius 2 is 1.82 bits per heavy atom. The number of carbonyl (C=O) groups excluding carboxylic acids is 1. The van der Waals surface area contributed by atoms with Crippen LogP contribution in [0.5, 0.6) is 11.5 Å². The summed E-state index contributed by atoms with van der Waals surface area (Å²) >= 11 is 3.10. The Bertz CT molecular complexity index is 1260. The highest BCUT2D eigenvalue weighted by atomic mass is 32.2. The van der Waals surface area contributed by atoms with E-state index in [1.807, 2.05) is 61.7 Å². The molecule has 0 atom stereocenters. The van der Waals surface area contributed by atoms with Gasteiger partial charge < -0.3 is 20.1 Å². The van der Waals surface area contributed by atoms with Gasteiger partial charge in [-0.3, -0.25) is 4.79 Å². The summed E-state index contributed by atoms with van der Waals surface area (Å²) in [5.41, 5.74) is 2.44. The van der Waals surface area contributed by atoms with Gasteiger partial charge in [-0.25, -0.2) is 9.97 Å². The smallest absolute Gasteiger partial charge is 0.251 e. The van der Waals surface area contributed by atoms with E-state index in [0.717, 1.165) is 31.2 Å². The van der Waals surface area contributed by atoms with Gasteiger partial charge >= 0.3 is 0 Å². The highest BCUT2D eigenvalue weighted by Crippen LogP contribution is 2.35. The summed E-state index contributed by atoms with van der Waals surface area (Å²) in [6.45, 7) is 2.29. The second-order valence-corrected chi connectivity index (χ2v) is 9.71. The maximum atomic E-state index is 13.0. The quantitative estimate of drug-likeness (QED) is 0.310. The lowest BCUT2D eigenvalue weighted by Crippen LogP contribution is -2.23. The van der Waals surface area contributed by atoms with Crippen LogP contribution in [0.4, 0.5) is 10.9 Å². The van der Waals surface area contributed by atoms with Gasteiger partial charge in [0.05, 0.1) is 24.6 Å². The van der Waals surface area contributed by atoms with Crippen molar-refractivity contribution in [3.05, 3.63) is 83.7 Å². The molecule has 0 aliphatic carbocycles. The van der Waals surface area contributed by atoms with Gasteiger partial charge in [0.1, 0.15) is 17.3 Å². The lowest BCUT2D eigenvalue weighted by atomic mass is 10.1. The highest BCUT2D eigenvalue weighted by molar-refractivity contribution is 8.01. The maximum absolute atomic E-state index is 13.0. The first kappa shape index (κ1) is 23.6. The second kappa shape index (κ2) is 11.0. The summed E-state index contributed by atoms with van der Waals surface area (Å²) in [7, 11) is 3.20. The van der Waals surface area contributed by atoms with Gasteiger partial charge in [-0.05, 0) is 54.4 Å². The molecule has 174 valence electrons. The number of thiazole rings is 1. The van der Waals surface area contributed by atoms with Crippen LogP contribution in [-0.4, -0.2) is 30.1 Å². The third kappa shape index (κ3) is 6.06. The van der Waals surface area contributed by atoms with Gasteiger partial charge in [-0.15, -0.1) is 0 Å². The SMILES string of the molecule is COc1cc(CNC(=O)c2cc(Sc3cnc(Nc4ccccn4)s3)ccc2C)cc(OC)c1. The monoisotopic (exact) mass is 492 g/mol. The number of benzene rings is 2. The van der Waals surface area contributed by atoms with Crippen molar-refractivity contribution in [2.24, 2.45) is 0 Å². The predicted octanol–water partition coefficient (Wildman–Crippen LogP) is 5.69. The summed E-state index contributed by atoms with van der Waals surface area (Å²) in [5, 5.41) is 6.96. The fourth-order valence-electron chi connectivity index (χ4n) is 3.18. The van der Waals surface area contributed by atoms with Crippen molar-refractivity contribution < 1.29 is 14.3 Å². The fourth-order valence-corrected chi connectivity index (χ4v) is 5.08. The maximum Gasteiger partial charge on any atom is 0.251 e. The number of rotatable bonds is 9. The molecule has 0 bridgehead atoms. The van der Waals surface area contributed by atoms with Crippen molar-refractivity contribution in [2.75, 3.05) is 19.5 Å². The van der Waals surface area contributed by atoms with Crippen molar-refractivity contribution in [3.8, 4) is 11.5 Å². The van der Waals surface area contributed by atoms with E-state index in [1.165, 1.54) is 11.3 Å². The van der Waals surface area contributed by atoms with E-state index in [4.69, 9.17) is 9.47 Å². The van der Waals surface area contributed by atoms with Gasteiger partial charge in [-0.1, -0.05) is 35.2 Å². The number of ether oxygens (including phenoxy) is 2. The first-order valence-corrected chi connectivity index (χ1v) is 12.1. The predicted molar refractivity (Wildman–Crippen MR) is 136 cm³/mol. The number of aromatic nitrogens is 2. The van der Waals surface area contributed by atoms with Crippen LogP contribution >= 0.6 is 23.1 Å². The molecule has 2 N–H and O–H groups in total. The summed E-state index contributed by atoms with van der Waals surface area (Å²) in [5.74, 6) is 1.97. The second-order valence-electron chi connectivity index (χ2n) is 7.31. The topological polar surface area (TPSA) is 85.4 Å². The summed E-state index contributed by atoms with van der Waals surface area (Å²) in [4.78, 5) is 22.6. The molecule has 0 saturated heterocycles. The minimum absolute atomic E-state index is 0.136. The van der Waals surface area contributed by atoms with E-state index in [0.29, 0.717) is 23.6 Å². The van der Waals surface area contributed by atoms with Crippen LogP contribution in [0.15, 0.2) is 76.1 Å². The van der Waals surface area contributed by atoms with Crippen molar-refractivity contribution in [1.29, 1.82) is 0 Å². The van der Waals surface area contributed by atoms with Crippen molar-refractivity contribution in [2.45, 2.75) is 22.6 Å². The Morgan fingerprint density at radius 1 is 1.03 bits per heavy atom. The number of amides is 1. The molecular weight excluding hydrogens is 468 g/mol. The van der Waals surface area contributed by atoms with Crippen LogP contribution in [0, 0.1) is 6.92 Å². The molecule has 0 spiro atoms. The normalized spacial score (nSPS) is 10.6. The number of methoxy groups -OCH3 is 2. The number of nitrogens with one attached hydrogen (secondary N) is 2. The Kier molecular flexibility index (Phi) is 7.66. The van der Waals surface area contributed by atoms with Crippen molar-refractivity contribution in [3.63, 3.8) is 0 Å². The van der Waals surface area contributed by atoms with Crippen molar-refractivity contribution >= 4 is 40.0 Å². The first-order valence-electron chi connectivity index (χ1n) is 10.5. The van der Waals surface area contributed by atoms with Crippen molar-refractivity contribution in [1.82, 2.24) is 15.3 Å². The molecule has 0 unspecified atom stereocenters. The summed E-state index contributed by atoms with van der Waals surface area (Å²) in [6, 6.07) is 17.1. The average Bonchev–Trinajstić information content (AvgIpc) is 3.30. The fraction of sp³-hybridized carbons (Fsp3) is 0.160. The van der Waals surface area contributed by atoms with E-state index in [2.05, 4.69) is 20.6 Å². The molecule has 0 fully saturated rings. The minimum atomic E-state index is -0.136. The zero-order chi connectivity index (χ0) is 23.9. The highest BCUT2D eigenvalue weighted by Gasteiger charge is 2.12. The Morgan fingerprint density at radius 3 is 2.53 bits per heavy atom. The van der Waals surface area contributed by atoms with Gasteiger partial charge in [0.2, 0.25) is 0 Å². The standard InChI is InChI=1S/C25H24N4O3S2/c1-16-7-8-20(33-23-15-28-25(34-23)29-22-6-4-5-9-26-22)13-21(16)24(30)27-14-17-10-18(31-2)12-19(11-17)32-3/h4-13,15H,14H2,1-3H3,(H,27,30)(H,26,28,29). The zero-order valence-electron chi connectivity index (χ0n) is 19.0. The van der Waals surface area contributed by atoms with E-state index in [9.17, 15) is 4.79 Å². The van der Waals surface area contributed by atoms with Gasteiger partial charge in [0.15, 0.2) is 5.13 Å². The first-order chi connectivity index (χ1) is 16.5. The zero-order valence-corrected chi connectivity index (χ0v) is 20.6. The molecule has 9 heteroatoms. The number of carbonyl (C=O) groups is 1. The lowest BCUT2D eigenvalue weighted by molar-refractivity contribution is 0.0950. The molecule has 0 saturated carbocycles. The molecule has 2 heterocycles. The van der Waals surface area contributed by atoms with Crippen LogP contribution in [-0.2, 0) is 6.54 Å². The number of pyridine rings is 1. The Balaban J connectivity index is 1.42. The third-order valence-electron chi connectivity index (χ3n) is 4.92. The summed E-state index contributed by atoms with van der Waals surface area (Å²) in [6.07, 6.45) is 3.55. The number of anilines is 2. The van der Waals surface area contributed by atoms with Crippen LogP contribution < -0.4 is 20.1 Å². The van der Waals surface area contributed by atoms with E-state index in [-0.39, 0.29) is 5.91 Å². The molecule has 1 amide bonds. The van der Waals surface area contributed by atoms with Crippen LogP contribution in [0.1, 0.15) is 21.5 Å². The summed E-state index contributed by atoms with van der Waals surface area (Å²) < 4.78 is 11.6. The molecule has 4 rings (SSSR count). The molecule has 34 heavy (non-hydrogen) atoms. The molecule has 2 aromatic heterocycles. The van der Waals surface area contributed by atoms with Gasteiger partial charge in [-0.2, -0.15) is 0 Å². The Labute approximate surface area is 206 Å². The largest absolute Gasteiger partial charge is 0.497 e. The molecule has 0 radical (unpaired) electrons. The molecule has 2 aromatic carbocycles. The minimum Gasteiger partial charge on any atom is -0.497 e. The lowest BCUT2D eigenvalue weighted by Gasteiger charge is -2.11. The molecule has 0 aliphatic rings. The number of hydrogen-bond acceptors (Lipinski definition) is 8. The molecule has 7 nitrogen and oxygen atoms in total. The molecular formula is C25H24N4O3S2. The third-order valence-corrected chi connectivity index (χ3v) is 6.92. The van der Waals surface area contributed by atoms with E-state index in [1.54, 1.807) is 38.2 Å². The number of hydrogen-bond donors (Lipinski definition) is 2. The molecule has 4 aromatic rings. The van der Waals surface area contributed by atoms with Crippen LogP contribution in [0.3, 0.4) is 0 Å². The van der Waals surface area contributed by atoms with E-state index >= 15 is 0 Å². The average molecular weight is 493 g/mol. The van der Waals surface area contributed by atoms with Crippen LogP contribution in [0.25, 0.3) is 0 Å². The number of aryl methyl sites for hydroxylation is 1. The number of nitrogens with zero attached hydrogens (tertiary/aromatic N) is 2. The van der Waals surface area contributed by atoms with Crippen LogP contribution in [0.2, 0.25) is 0 Å². The van der Waals surface area contributed by atoms with E-state index < -0.39 is 0 Å². The Hall–Kier alpha value is -3.56. The van der Waals surface area contributed by atoms with Gasteiger partial charge in [0.25, 0.3) is 5.91 Å². The molecule has 0 aliphatic heterocycles. The van der Waals surface area contributed by atoms with Gasteiger partial charge in [0, 0.05) is 29.3 Å².